The van der Waals surface area contributed by atoms with Gasteiger partial charge in [-0.05, 0) is 73.7 Å². The van der Waals surface area contributed by atoms with E-state index in [1.807, 2.05) is 6.92 Å². The summed E-state index contributed by atoms with van der Waals surface area (Å²) < 4.78 is 1.80. The minimum Gasteiger partial charge on any atom is -0.369 e. The minimum atomic E-state index is -1.42. The highest BCUT2D eigenvalue weighted by Gasteiger charge is 2.65. The van der Waals surface area contributed by atoms with E-state index in [9.17, 15) is 19.2 Å². The maximum atomic E-state index is 13.3. The zero-order valence-electron chi connectivity index (χ0n) is 23.1. The highest BCUT2D eigenvalue weighted by molar-refractivity contribution is 6.14. The van der Waals surface area contributed by atoms with Crippen LogP contribution in [0.25, 0.3) is 11.0 Å². The largest absolute Gasteiger partial charge is 0.369 e. The summed E-state index contributed by atoms with van der Waals surface area (Å²) in [5.41, 5.74) is 13.2. The van der Waals surface area contributed by atoms with Gasteiger partial charge >= 0.3 is 0 Å². The van der Waals surface area contributed by atoms with Crippen molar-refractivity contribution < 1.29 is 14.4 Å². The van der Waals surface area contributed by atoms with Gasteiger partial charge in [-0.15, -0.1) is 0 Å². The van der Waals surface area contributed by atoms with Crippen LogP contribution in [0.4, 0.5) is 17.3 Å². The Kier molecular flexibility index (Phi) is 6.72. The van der Waals surface area contributed by atoms with Gasteiger partial charge in [0, 0.05) is 46.5 Å². The topological polar surface area (TPSA) is 175 Å². The molecule has 11 nitrogen and oxygen atoms in total. The Morgan fingerprint density at radius 3 is 2.40 bits per heavy atom. The molecule has 11 heteroatoms. The molecule has 2 saturated carbocycles. The second-order valence-corrected chi connectivity index (χ2v) is 11.1. The van der Waals surface area contributed by atoms with Crippen LogP contribution < -0.4 is 27.7 Å². The van der Waals surface area contributed by atoms with Gasteiger partial charge in [-0.2, -0.15) is 4.98 Å². The van der Waals surface area contributed by atoms with Crippen LogP contribution in [0, 0.1) is 12.3 Å². The van der Waals surface area contributed by atoms with E-state index in [0.717, 1.165) is 36.6 Å². The molecule has 2 unspecified atom stereocenters. The third-order valence-electron chi connectivity index (χ3n) is 8.47. The number of aryl methyl sites for hydroxylation is 1. The monoisotopic (exact) mass is 565 g/mol. The van der Waals surface area contributed by atoms with Crippen molar-refractivity contribution in [3.8, 4) is 0 Å². The standard InChI is InChI=1S/C31H31N7O4/c1-17-13-25(39)38(22-7-2-3-8-22)27-23(17)16-34-30(37-27)36-21-11-9-20(10-12-21)35-29(42)31(28(33)41)15-24(31)18-5-4-6-19(14-18)26(32)40/h4-6,9-14,16,22,24H,2-3,7-8,15H2,1H3,(H2,32,40)(H2,33,41)(H,35,42)(H,34,36,37). The van der Waals surface area contributed by atoms with Gasteiger partial charge in [-0.1, -0.05) is 25.0 Å². The number of carbonyl (C=O) groups excluding carboxylic acids is 3. The Hall–Kier alpha value is -5.06. The zero-order chi connectivity index (χ0) is 29.6. The van der Waals surface area contributed by atoms with Crippen molar-refractivity contribution in [1.82, 2.24) is 14.5 Å². The molecule has 2 heterocycles. The second kappa shape index (κ2) is 10.4. The molecule has 0 aliphatic heterocycles. The average molecular weight is 566 g/mol. The molecule has 6 N–H and O–H groups in total. The Bertz CT molecular complexity index is 1790. The molecule has 2 aliphatic carbocycles. The van der Waals surface area contributed by atoms with Crippen molar-refractivity contribution in [2.75, 3.05) is 10.6 Å². The molecule has 2 aromatic carbocycles. The first-order valence-electron chi connectivity index (χ1n) is 13.9. The number of nitrogens with zero attached hydrogens (tertiary/aromatic N) is 3. The summed E-state index contributed by atoms with van der Waals surface area (Å²) in [6, 6.07) is 15.3. The number of aromatic nitrogens is 3. The maximum Gasteiger partial charge on any atom is 0.252 e. The van der Waals surface area contributed by atoms with E-state index >= 15 is 0 Å². The molecule has 6 rings (SSSR count). The van der Waals surface area contributed by atoms with Crippen molar-refractivity contribution in [1.29, 1.82) is 0 Å². The molecular weight excluding hydrogens is 534 g/mol. The Morgan fingerprint density at radius 1 is 1.00 bits per heavy atom. The zero-order valence-corrected chi connectivity index (χ0v) is 23.1. The molecular formula is C31H31N7O4. The predicted octanol–water partition coefficient (Wildman–Crippen LogP) is 3.66. The van der Waals surface area contributed by atoms with Crippen LogP contribution in [-0.4, -0.2) is 32.3 Å². The molecule has 0 spiro atoms. The fourth-order valence-electron chi connectivity index (χ4n) is 6.06. The lowest BCUT2D eigenvalue weighted by Gasteiger charge is -2.17. The number of nitrogens with one attached hydrogen (secondary N) is 2. The summed E-state index contributed by atoms with van der Waals surface area (Å²) in [6.45, 7) is 1.89. The molecule has 2 aliphatic rings. The highest BCUT2D eigenvalue weighted by Crippen LogP contribution is 2.59. The summed E-state index contributed by atoms with van der Waals surface area (Å²) >= 11 is 0. The SMILES string of the molecule is Cc1cc(=O)n(C2CCCC2)c2nc(Nc3ccc(NC(=O)C4(C(N)=O)CC4c4cccc(C(N)=O)c4)cc3)ncc12. The average Bonchev–Trinajstić information content (AvgIpc) is 3.53. The first-order chi connectivity index (χ1) is 20.2. The maximum absolute atomic E-state index is 13.3. The predicted molar refractivity (Wildman–Crippen MR) is 158 cm³/mol. The van der Waals surface area contributed by atoms with E-state index in [1.54, 1.807) is 65.4 Å². The second-order valence-electron chi connectivity index (χ2n) is 11.1. The van der Waals surface area contributed by atoms with Crippen LogP contribution in [0.2, 0.25) is 0 Å². The van der Waals surface area contributed by atoms with E-state index in [0.29, 0.717) is 34.1 Å². The van der Waals surface area contributed by atoms with Crippen LogP contribution >= 0.6 is 0 Å². The number of hydrogen-bond acceptors (Lipinski definition) is 7. The van der Waals surface area contributed by atoms with Gasteiger partial charge in [0.15, 0.2) is 0 Å². The fraction of sp³-hybridized carbons (Fsp3) is 0.290. The number of amides is 3. The number of hydrogen-bond donors (Lipinski definition) is 4. The van der Waals surface area contributed by atoms with E-state index in [1.165, 1.54) is 0 Å². The molecule has 2 fully saturated rings. The van der Waals surface area contributed by atoms with Crippen molar-refractivity contribution in [2.24, 2.45) is 16.9 Å². The lowest BCUT2D eigenvalue weighted by Crippen LogP contribution is -2.37. The van der Waals surface area contributed by atoms with Crippen LogP contribution in [0.15, 0.2) is 65.6 Å². The van der Waals surface area contributed by atoms with Crippen molar-refractivity contribution >= 4 is 46.1 Å². The van der Waals surface area contributed by atoms with Crippen molar-refractivity contribution in [3.63, 3.8) is 0 Å². The smallest absolute Gasteiger partial charge is 0.252 e. The third kappa shape index (κ3) is 4.76. The molecule has 3 amide bonds. The van der Waals surface area contributed by atoms with E-state index in [-0.39, 0.29) is 18.0 Å². The van der Waals surface area contributed by atoms with Gasteiger partial charge in [-0.25, -0.2) is 4.98 Å². The summed E-state index contributed by atoms with van der Waals surface area (Å²) in [5, 5.41) is 6.82. The van der Waals surface area contributed by atoms with Crippen LogP contribution in [0.3, 0.4) is 0 Å². The molecule has 2 aromatic heterocycles. The summed E-state index contributed by atoms with van der Waals surface area (Å²) in [6.07, 6.45) is 6.06. The first-order valence-corrected chi connectivity index (χ1v) is 13.9. The molecule has 2 atom stereocenters. The van der Waals surface area contributed by atoms with E-state index < -0.39 is 29.1 Å². The van der Waals surface area contributed by atoms with Gasteiger partial charge in [0.2, 0.25) is 23.7 Å². The lowest BCUT2D eigenvalue weighted by atomic mass is 9.96. The molecule has 0 saturated heterocycles. The first kappa shape index (κ1) is 27.1. The molecule has 0 radical (unpaired) electrons. The lowest BCUT2D eigenvalue weighted by molar-refractivity contribution is -0.132. The van der Waals surface area contributed by atoms with Crippen molar-refractivity contribution in [2.45, 2.75) is 51.0 Å². The number of primary amides is 2. The van der Waals surface area contributed by atoms with Gasteiger partial charge in [-0.3, -0.25) is 23.7 Å². The summed E-state index contributed by atoms with van der Waals surface area (Å²) in [4.78, 5) is 59.4. The normalized spacial score (nSPS) is 19.9. The number of pyridine rings is 1. The Balaban J connectivity index is 1.19. The highest BCUT2D eigenvalue weighted by atomic mass is 16.2. The van der Waals surface area contributed by atoms with Crippen LogP contribution in [-0.2, 0) is 9.59 Å². The number of rotatable bonds is 8. The molecule has 4 aromatic rings. The van der Waals surface area contributed by atoms with Gasteiger partial charge < -0.3 is 22.1 Å². The van der Waals surface area contributed by atoms with E-state index in [4.69, 9.17) is 16.5 Å². The summed E-state index contributed by atoms with van der Waals surface area (Å²) in [7, 11) is 0. The minimum absolute atomic E-state index is 0.0520. The third-order valence-corrected chi connectivity index (χ3v) is 8.47. The number of benzene rings is 2. The van der Waals surface area contributed by atoms with Crippen molar-refractivity contribution in [3.05, 3.63) is 87.8 Å². The molecule has 214 valence electrons. The number of fused-ring (bicyclic) bond motifs is 1. The molecule has 42 heavy (non-hydrogen) atoms. The van der Waals surface area contributed by atoms with Gasteiger partial charge in [0.1, 0.15) is 11.1 Å². The number of carbonyl (C=O) groups is 3. The van der Waals surface area contributed by atoms with Crippen LogP contribution in [0.5, 0.6) is 0 Å². The quantitative estimate of drug-likeness (QED) is 0.236. The number of anilines is 3. The summed E-state index contributed by atoms with van der Waals surface area (Å²) in [5.74, 6) is -1.93. The van der Waals surface area contributed by atoms with E-state index in [2.05, 4.69) is 15.6 Å². The van der Waals surface area contributed by atoms with Gasteiger partial charge in [0.25, 0.3) is 5.56 Å². The Morgan fingerprint density at radius 2 is 1.71 bits per heavy atom. The fourth-order valence-corrected chi connectivity index (χ4v) is 6.06. The molecule has 0 bridgehead atoms. The number of nitrogens with two attached hydrogens (primary N) is 2. The Labute approximate surface area is 241 Å². The van der Waals surface area contributed by atoms with Gasteiger partial charge in [0.05, 0.1) is 0 Å². The van der Waals surface area contributed by atoms with Crippen LogP contribution in [0.1, 0.15) is 65.5 Å².